The van der Waals surface area contributed by atoms with Crippen molar-refractivity contribution in [2.24, 2.45) is 0 Å². The third kappa shape index (κ3) is 12.1. The second kappa shape index (κ2) is 17.8. The molecule has 2 aromatic rings. The zero-order chi connectivity index (χ0) is 28.5. The largest absolute Gasteiger partial charge is 0.504 e. The predicted octanol–water partition coefficient (Wildman–Crippen LogP) is 6.02. The lowest BCUT2D eigenvalue weighted by Crippen LogP contribution is -2.42. The van der Waals surface area contributed by atoms with E-state index in [2.05, 4.69) is 12.2 Å². The van der Waals surface area contributed by atoms with Crippen LogP contribution in [0.2, 0.25) is 0 Å². The van der Waals surface area contributed by atoms with E-state index in [-0.39, 0.29) is 36.0 Å². The molecular formula is C31H43NO7. The van der Waals surface area contributed by atoms with Crippen molar-refractivity contribution < 1.29 is 34.4 Å². The van der Waals surface area contributed by atoms with Crippen LogP contribution in [0, 0.1) is 0 Å². The van der Waals surface area contributed by atoms with Crippen LogP contribution in [-0.4, -0.2) is 47.0 Å². The zero-order valence-electron chi connectivity index (χ0n) is 23.2. The maximum absolute atomic E-state index is 12.9. The van der Waals surface area contributed by atoms with Gasteiger partial charge in [0.2, 0.25) is 5.91 Å². The van der Waals surface area contributed by atoms with Gasteiger partial charge in [-0.05, 0) is 47.9 Å². The van der Waals surface area contributed by atoms with Crippen molar-refractivity contribution in [3.05, 3.63) is 53.6 Å². The Kier molecular flexibility index (Phi) is 14.4. The summed E-state index contributed by atoms with van der Waals surface area (Å²) in [4.78, 5) is 25.5. The SMILES string of the molecule is CCCCCCCCCCCCOC(=O)[C@H](Cc1ccc(O)c(O)c1)NC(=O)/C=C/c1ccc(O)c(OC)c1. The highest BCUT2D eigenvalue weighted by molar-refractivity contribution is 5.94. The van der Waals surface area contributed by atoms with Crippen LogP contribution in [0.1, 0.15) is 82.3 Å². The summed E-state index contributed by atoms with van der Waals surface area (Å²) in [6, 6.07) is 7.93. The third-order valence-electron chi connectivity index (χ3n) is 6.45. The maximum Gasteiger partial charge on any atom is 0.328 e. The van der Waals surface area contributed by atoms with Crippen molar-refractivity contribution in [2.45, 2.75) is 83.6 Å². The van der Waals surface area contributed by atoms with Crippen molar-refractivity contribution in [3.63, 3.8) is 0 Å². The topological polar surface area (TPSA) is 125 Å². The number of hydrogen-bond acceptors (Lipinski definition) is 7. The third-order valence-corrected chi connectivity index (χ3v) is 6.45. The molecule has 8 heteroatoms. The molecule has 0 aliphatic carbocycles. The standard InChI is InChI=1S/C31H43NO7/c1-3-4-5-6-7-8-9-10-11-12-19-39-31(37)25(20-24-14-16-26(33)28(35)21-24)32-30(36)18-15-23-13-17-27(34)29(22-23)38-2/h13-18,21-22,25,33-35H,3-12,19-20H2,1-2H3,(H,32,36)/b18-15+/t25-/m0/s1. The first-order chi connectivity index (χ1) is 18.8. The molecule has 8 nitrogen and oxygen atoms in total. The lowest BCUT2D eigenvalue weighted by molar-refractivity contribution is -0.147. The number of hydrogen-bond donors (Lipinski definition) is 4. The second-order valence-corrected chi connectivity index (χ2v) is 9.70. The Morgan fingerprint density at radius 3 is 2.13 bits per heavy atom. The van der Waals surface area contributed by atoms with Crippen LogP contribution in [0.15, 0.2) is 42.5 Å². The number of carbonyl (C=O) groups excluding carboxylic acids is 2. The van der Waals surface area contributed by atoms with Gasteiger partial charge in [-0.1, -0.05) is 76.8 Å². The normalized spacial score (nSPS) is 11.8. The molecule has 0 unspecified atom stereocenters. The van der Waals surface area contributed by atoms with E-state index in [4.69, 9.17) is 9.47 Å². The van der Waals surface area contributed by atoms with Gasteiger partial charge in [0, 0.05) is 12.5 Å². The highest BCUT2D eigenvalue weighted by Crippen LogP contribution is 2.27. The average Bonchev–Trinajstić information content (AvgIpc) is 2.92. The van der Waals surface area contributed by atoms with Crippen molar-refractivity contribution in [1.82, 2.24) is 5.32 Å². The Labute approximate surface area is 231 Å². The predicted molar refractivity (Wildman–Crippen MR) is 152 cm³/mol. The number of unbranched alkanes of at least 4 members (excludes halogenated alkanes) is 9. The van der Waals surface area contributed by atoms with Crippen molar-refractivity contribution in [3.8, 4) is 23.0 Å². The van der Waals surface area contributed by atoms with E-state index in [1.165, 1.54) is 82.4 Å². The summed E-state index contributed by atoms with van der Waals surface area (Å²) in [7, 11) is 1.43. The number of esters is 1. The number of amides is 1. The Bertz CT molecular complexity index is 1070. The summed E-state index contributed by atoms with van der Waals surface area (Å²) in [5, 5.41) is 31.8. The lowest BCUT2D eigenvalue weighted by Gasteiger charge is -2.17. The number of benzene rings is 2. The Hall–Kier alpha value is -3.68. The van der Waals surface area contributed by atoms with Crippen LogP contribution in [0.25, 0.3) is 6.08 Å². The van der Waals surface area contributed by atoms with Crippen LogP contribution in [0.3, 0.4) is 0 Å². The molecule has 0 heterocycles. The summed E-state index contributed by atoms with van der Waals surface area (Å²) >= 11 is 0. The number of ether oxygens (including phenoxy) is 2. The fourth-order valence-corrected chi connectivity index (χ4v) is 4.18. The molecule has 4 N–H and O–H groups in total. The molecule has 0 spiro atoms. The molecule has 1 atom stereocenters. The molecule has 0 aromatic heterocycles. The minimum atomic E-state index is -0.983. The molecule has 0 aliphatic rings. The van der Waals surface area contributed by atoms with Gasteiger partial charge < -0.3 is 30.1 Å². The van der Waals surface area contributed by atoms with E-state index in [0.29, 0.717) is 11.1 Å². The van der Waals surface area contributed by atoms with E-state index in [1.807, 2.05) is 0 Å². The maximum atomic E-state index is 12.9. The molecule has 0 radical (unpaired) electrons. The number of carbonyl (C=O) groups is 2. The molecule has 2 rings (SSSR count). The van der Waals surface area contributed by atoms with E-state index < -0.39 is 17.9 Å². The number of phenols is 3. The van der Waals surface area contributed by atoms with Crippen LogP contribution in [-0.2, 0) is 20.7 Å². The number of phenolic OH excluding ortho intramolecular Hbond substituents is 3. The first-order valence-electron chi connectivity index (χ1n) is 13.9. The number of methoxy groups -OCH3 is 1. The minimum absolute atomic E-state index is 0.0125. The Morgan fingerprint density at radius 1 is 0.846 bits per heavy atom. The summed E-state index contributed by atoms with van der Waals surface area (Å²) in [6.45, 7) is 2.49. The van der Waals surface area contributed by atoms with Gasteiger partial charge in [-0.15, -0.1) is 0 Å². The van der Waals surface area contributed by atoms with Crippen LogP contribution >= 0.6 is 0 Å². The molecule has 0 saturated carbocycles. The van der Waals surface area contributed by atoms with Gasteiger partial charge in [-0.3, -0.25) is 4.79 Å². The zero-order valence-corrected chi connectivity index (χ0v) is 23.2. The summed E-state index contributed by atoms with van der Waals surface area (Å²) in [5.74, 6) is -1.38. The van der Waals surface area contributed by atoms with E-state index in [1.54, 1.807) is 18.2 Å². The van der Waals surface area contributed by atoms with Gasteiger partial charge in [0.1, 0.15) is 6.04 Å². The van der Waals surface area contributed by atoms with Crippen molar-refractivity contribution in [2.75, 3.05) is 13.7 Å². The van der Waals surface area contributed by atoms with Gasteiger partial charge in [-0.25, -0.2) is 4.79 Å². The fourth-order valence-electron chi connectivity index (χ4n) is 4.18. The first kappa shape index (κ1) is 31.5. The summed E-state index contributed by atoms with van der Waals surface area (Å²) < 4.78 is 10.6. The Balaban J connectivity index is 1.89. The summed E-state index contributed by atoms with van der Waals surface area (Å²) in [5.41, 5.74) is 1.18. The molecule has 0 saturated heterocycles. The molecule has 214 valence electrons. The van der Waals surface area contributed by atoms with E-state index in [9.17, 15) is 24.9 Å². The Morgan fingerprint density at radius 2 is 1.49 bits per heavy atom. The highest BCUT2D eigenvalue weighted by atomic mass is 16.5. The van der Waals surface area contributed by atoms with Gasteiger partial charge in [0.25, 0.3) is 0 Å². The fraction of sp³-hybridized carbons (Fsp3) is 0.484. The molecule has 39 heavy (non-hydrogen) atoms. The lowest BCUT2D eigenvalue weighted by atomic mass is 10.0. The highest BCUT2D eigenvalue weighted by Gasteiger charge is 2.22. The average molecular weight is 542 g/mol. The van der Waals surface area contributed by atoms with Crippen LogP contribution in [0.5, 0.6) is 23.0 Å². The van der Waals surface area contributed by atoms with Crippen molar-refractivity contribution >= 4 is 18.0 Å². The van der Waals surface area contributed by atoms with E-state index in [0.717, 1.165) is 19.3 Å². The van der Waals surface area contributed by atoms with Crippen LogP contribution in [0.4, 0.5) is 0 Å². The molecular weight excluding hydrogens is 498 g/mol. The number of nitrogens with one attached hydrogen (secondary N) is 1. The number of rotatable bonds is 18. The van der Waals surface area contributed by atoms with Gasteiger partial charge in [-0.2, -0.15) is 0 Å². The molecule has 2 aromatic carbocycles. The minimum Gasteiger partial charge on any atom is -0.504 e. The monoisotopic (exact) mass is 541 g/mol. The van der Waals surface area contributed by atoms with Crippen LogP contribution < -0.4 is 10.1 Å². The second-order valence-electron chi connectivity index (χ2n) is 9.70. The smallest absolute Gasteiger partial charge is 0.328 e. The van der Waals surface area contributed by atoms with Gasteiger partial charge >= 0.3 is 5.97 Å². The molecule has 0 bridgehead atoms. The van der Waals surface area contributed by atoms with Gasteiger partial charge in [0.15, 0.2) is 23.0 Å². The first-order valence-corrected chi connectivity index (χ1v) is 13.9. The summed E-state index contributed by atoms with van der Waals surface area (Å²) in [6.07, 6.45) is 14.6. The van der Waals surface area contributed by atoms with Gasteiger partial charge in [0.05, 0.1) is 13.7 Å². The molecule has 0 fully saturated rings. The van der Waals surface area contributed by atoms with E-state index >= 15 is 0 Å². The van der Waals surface area contributed by atoms with Crippen molar-refractivity contribution in [1.29, 1.82) is 0 Å². The quantitative estimate of drug-likeness (QED) is 0.0787. The molecule has 0 aliphatic heterocycles. The molecule has 1 amide bonds. The number of aromatic hydroxyl groups is 3.